The molecule has 1 aromatic rings. The van der Waals surface area contributed by atoms with Crippen molar-refractivity contribution in [1.82, 2.24) is 0 Å². The van der Waals surface area contributed by atoms with Crippen LogP contribution in [0.2, 0.25) is 0 Å². The predicted octanol–water partition coefficient (Wildman–Crippen LogP) is 2.64. The molecule has 0 aromatic heterocycles. The van der Waals surface area contributed by atoms with Gasteiger partial charge in [0.05, 0.1) is 11.2 Å². The molecule has 0 atom stereocenters. The van der Waals surface area contributed by atoms with Crippen molar-refractivity contribution in [3.63, 3.8) is 0 Å². The minimum absolute atomic E-state index is 0.179. The van der Waals surface area contributed by atoms with E-state index in [1.54, 1.807) is 13.0 Å². The van der Waals surface area contributed by atoms with Crippen LogP contribution in [0.15, 0.2) is 12.1 Å². The third-order valence-electron chi connectivity index (χ3n) is 4.30. The zero-order chi connectivity index (χ0) is 15.3. The maximum Gasteiger partial charge on any atom is 0.495 e. The van der Waals surface area contributed by atoms with Gasteiger partial charge in [-0.05, 0) is 58.6 Å². The summed E-state index contributed by atoms with van der Waals surface area (Å²) in [6.45, 7) is 10.8. The van der Waals surface area contributed by atoms with Gasteiger partial charge in [0.1, 0.15) is 5.82 Å². The van der Waals surface area contributed by atoms with Crippen LogP contribution >= 0.6 is 0 Å². The van der Waals surface area contributed by atoms with Crippen molar-refractivity contribution in [2.45, 2.75) is 52.7 Å². The molecule has 20 heavy (non-hydrogen) atoms. The number of hydrogen-bond donors (Lipinski definition) is 0. The Bertz CT molecular complexity index is 550. The molecule has 1 aromatic carbocycles. The quantitative estimate of drug-likeness (QED) is 0.616. The molecular formula is C15H20BFO3. The molecule has 0 amide bonds. The van der Waals surface area contributed by atoms with Crippen LogP contribution in [0.4, 0.5) is 4.39 Å². The molecule has 1 aliphatic heterocycles. The van der Waals surface area contributed by atoms with Crippen molar-refractivity contribution in [2.75, 3.05) is 0 Å². The molecule has 1 saturated heterocycles. The summed E-state index contributed by atoms with van der Waals surface area (Å²) in [5.74, 6) is -0.593. The van der Waals surface area contributed by atoms with Crippen LogP contribution in [-0.2, 0) is 9.31 Å². The van der Waals surface area contributed by atoms with Gasteiger partial charge in [-0.25, -0.2) is 4.39 Å². The first kappa shape index (κ1) is 15.2. The minimum Gasteiger partial charge on any atom is -0.399 e. The molecule has 0 bridgehead atoms. The molecule has 0 unspecified atom stereocenters. The Kier molecular flexibility index (Phi) is 3.55. The summed E-state index contributed by atoms with van der Waals surface area (Å²) in [7, 11) is -0.659. The Morgan fingerprint density at radius 3 is 2.10 bits per heavy atom. The molecule has 0 radical (unpaired) electrons. The van der Waals surface area contributed by atoms with E-state index in [1.807, 2.05) is 27.7 Å². The van der Waals surface area contributed by atoms with Crippen molar-refractivity contribution in [3.8, 4) is 0 Å². The van der Waals surface area contributed by atoms with Crippen LogP contribution in [0, 0.1) is 12.7 Å². The lowest BCUT2D eigenvalue weighted by molar-refractivity contribution is 0.00578. The Balaban J connectivity index is 2.47. The number of rotatable bonds is 2. The van der Waals surface area contributed by atoms with Crippen molar-refractivity contribution in [1.29, 1.82) is 0 Å². The normalized spacial score (nSPS) is 20.2. The second kappa shape index (κ2) is 4.67. The second-order valence-corrected chi connectivity index (χ2v) is 6.32. The first-order valence-electron chi connectivity index (χ1n) is 6.72. The zero-order valence-corrected chi connectivity index (χ0v) is 12.8. The van der Waals surface area contributed by atoms with Crippen LogP contribution in [0.3, 0.4) is 0 Å². The van der Waals surface area contributed by atoms with Gasteiger partial charge < -0.3 is 9.31 Å². The predicted molar refractivity (Wildman–Crippen MR) is 76.9 cm³/mol. The molecule has 0 spiro atoms. The van der Waals surface area contributed by atoms with Crippen molar-refractivity contribution >= 4 is 18.4 Å². The highest BCUT2D eigenvalue weighted by molar-refractivity contribution is 6.62. The fourth-order valence-corrected chi connectivity index (χ4v) is 2.12. The monoisotopic (exact) mass is 278 g/mol. The van der Waals surface area contributed by atoms with Gasteiger partial charge in [0.25, 0.3) is 0 Å². The maximum absolute atomic E-state index is 14.0. The summed E-state index contributed by atoms with van der Waals surface area (Å²) >= 11 is 0. The number of carbonyl (C=O) groups is 1. The van der Waals surface area contributed by atoms with Crippen LogP contribution < -0.4 is 5.46 Å². The van der Waals surface area contributed by atoms with Crippen molar-refractivity contribution in [3.05, 3.63) is 29.1 Å². The summed E-state index contributed by atoms with van der Waals surface area (Å²) < 4.78 is 25.8. The molecule has 3 nitrogen and oxygen atoms in total. The molecule has 1 heterocycles. The van der Waals surface area contributed by atoms with E-state index in [2.05, 4.69) is 0 Å². The van der Waals surface area contributed by atoms with Gasteiger partial charge in [0.15, 0.2) is 5.78 Å². The van der Waals surface area contributed by atoms with Gasteiger partial charge in [-0.15, -0.1) is 0 Å². The Morgan fingerprint density at radius 1 is 1.15 bits per heavy atom. The molecule has 2 rings (SSSR count). The van der Waals surface area contributed by atoms with E-state index in [0.29, 0.717) is 16.6 Å². The average molecular weight is 278 g/mol. The van der Waals surface area contributed by atoms with Gasteiger partial charge in [-0.1, -0.05) is 6.07 Å². The summed E-state index contributed by atoms with van der Waals surface area (Å²) in [5.41, 5.74) is 0.375. The first-order valence-corrected chi connectivity index (χ1v) is 6.72. The van der Waals surface area contributed by atoms with Gasteiger partial charge >= 0.3 is 7.12 Å². The standard InChI is InChI=1S/C15H20BFO3/c1-9-12(7-11(10(2)18)8-13(9)17)16-19-14(3,4)15(5,6)20-16/h7-8H,1-6H3. The van der Waals surface area contributed by atoms with Crippen LogP contribution in [0.1, 0.15) is 50.5 Å². The lowest BCUT2D eigenvalue weighted by Crippen LogP contribution is -2.41. The third kappa shape index (κ3) is 2.40. The van der Waals surface area contributed by atoms with E-state index in [0.717, 1.165) is 0 Å². The van der Waals surface area contributed by atoms with Crippen LogP contribution in [0.25, 0.3) is 0 Å². The highest BCUT2D eigenvalue weighted by Crippen LogP contribution is 2.36. The Labute approximate surface area is 119 Å². The van der Waals surface area contributed by atoms with E-state index in [-0.39, 0.29) is 5.78 Å². The molecule has 0 N–H and O–H groups in total. The molecular weight excluding hydrogens is 258 g/mol. The van der Waals surface area contributed by atoms with Gasteiger partial charge in [-0.2, -0.15) is 0 Å². The van der Waals surface area contributed by atoms with E-state index in [9.17, 15) is 9.18 Å². The highest BCUT2D eigenvalue weighted by atomic mass is 19.1. The summed E-state index contributed by atoms with van der Waals surface area (Å²) in [4.78, 5) is 11.5. The first-order chi connectivity index (χ1) is 9.05. The van der Waals surface area contributed by atoms with Crippen LogP contribution in [0.5, 0.6) is 0 Å². The third-order valence-corrected chi connectivity index (χ3v) is 4.30. The zero-order valence-electron chi connectivity index (χ0n) is 12.8. The number of hydrogen-bond acceptors (Lipinski definition) is 3. The molecule has 0 aliphatic carbocycles. The van der Waals surface area contributed by atoms with Gasteiger partial charge in [-0.3, -0.25) is 4.79 Å². The Hall–Kier alpha value is -1.20. The van der Waals surface area contributed by atoms with Crippen molar-refractivity contribution in [2.24, 2.45) is 0 Å². The molecule has 5 heteroatoms. The lowest BCUT2D eigenvalue weighted by Gasteiger charge is -2.32. The molecule has 108 valence electrons. The minimum atomic E-state index is -0.659. The fourth-order valence-electron chi connectivity index (χ4n) is 2.12. The highest BCUT2D eigenvalue weighted by Gasteiger charge is 2.52. The maximum atomic E-state index is 14.0. The summed E-state index contributed by atoms with van der Waals surface area (Å²) in [6, 6.07) is 2.91. The Morgan fingerprint density at radius 2 is 1.65 bits per heavy atom. The molecule has 1 fully saturated rings. The number of Topliss-reactive ketones (excluding diaryl/α,β-unsaturated/α-hetero) is 1. The summed E-state index contributed by atoms with van der Waals surface area (Å²) in [5, 5.41) is 0. The molecule has 1 aliphatic rings. The van der Waals surface area contributed by atoms with E-state index in [1.165, 1.54) is 13.0 Å². The number of halogens is 1. The topological polar surface area (TPSA) is 35.5 Å². The van der Waals surface area contributed by atoms with Gasteiger partial charge in [0.2, 0.25) is 0 Å². The van der Waals surface area contributed by atoms with Crippen molar-refractivity contribution < 1.29 is 18.5 Å². The largest absolute Gasteiger partial charge is 0.495 e. The fraction of sp³-hybridized carbons (Fsp3) is 0.533. The van der Waals surface area contributed by atoms with E-state index in [4.69, 9.17) is 9.31 Å². The van der Waals surface area contributed by atoms with Gasteiger partial charge in [0, 0.05) is 5.56 Å². The number of benzene rings is 1. The average Bonchev–Trinajstić information content (AvgIpc) is 2.51. The SMILES string of the molecule is CC(=O)c1cc(F)c(C)c(B2OC(C)(C)C(C)(C)O2)c1. The molecule has 0 saturated carbocycles. The number of ketones is 1. The van der Waals surface area contributed by atoms with Crippen LogP contribution in [-0.4, -0.2) is 24.1 Å². The second-order valence-electron chi connectivity index (χ2n) is 6.32. The smallest absolute Gasteiger partial charge is 0.399 e. The summed E-state index contributed by atoms with van der Waals surface area (Å²) in [6.07, 6.45) is 0. The number of carbonyl (C=O) groups excluding carboxylic acids is 1. The van der Waals surface area contributed by atoms with E-state index < -0.39 is 24.1 Å². The van der Waals surface area contributed by atoms with E-state index >= 15 is 0 Å². The lowest BCUT2D eigenvalue weighted by atomic mass is 9.75.